The van der Waals surface area contributed by atoms with Crippen LogP contribution in [-0.2, 0) is 9.53 Å². The highest BCUT2D eigenvalue weighted by Gasteiger charge is 2.39. The summed E-state index contributed by atoms with van der Waals surface area (Å²) in [6, 6.07) is 7.80. The van der Waals surface area contributed by atoms with Gasteiger partial charge in [-0.1, -0.05) is 24.0 Å². The first-order valence-electron chi connectivity index (χ1n) is 5.94. The number of hydrogen-bond donors (Lipinski definition) is 0. The molecule has 0 bridgehead atoms. The van der Waals surface area contributed by atoms with Gasteiger partial charge >= 0.3 is 5.97 Å². The molecule has 2 rings (SSSR count). The molecule has 0 radical (unpaired) electrons. The van der Waals surface area contributed by atoms with Gasteiger partial charge in [0.1, 0.15) is 5.60 Å². The number of halogens is 1. The molecule has 0 spiro atoms. The van der Waals surface area contributed by atoms with E-state index in [1.54, 1.807) is 0 Å². The molecule has 1 saturated heterocycles. The lowest BCUT2D eigenvalue weighted by atomic mass is 9.95. The van der Waals surface area contributed by atoms with E-state index in [9.17, 15) is 4.79 Å². The third-order valence-electron chi connectivity index (χ3n) is 2.89. The molecule has 1 heterocycles. The first-order valence-corrected chi connectivity index (χ1v) is 6.73. The van der Waals surface area contributed by atoms with Crippen molar-refractivity contribution in [1.82, 2.24) is 0 Å². The van der Waals surface area contributed by atoms with Crippen LogP contribution in [0.3, 0.4) is 0 Å². The molecule has 1 aliphatic rings. The first kappa shape index (κ1) is 13.2. The highest BCUT2D eigenvalue weighted by molar-refractivity contribution is 9.10. The van der Waals surface area contributed by atoms with Gasteiger partial charge in [-0.2, -0.15) is 0 Å². The normalized spacial score (nSPS) is 21.1. The second kappa shape index (κ2) is 5.16. The summed E-state index contributed by atoms with van der Waals surface area (Å²) < 4.78 is 6.25. The van der Waals surface area contributed by atoms with E-state index in [-0.39, 0.29) is 17.5 Å². The zero-order valence-corrected chi connectivity index (χ0v) is 12.1. The molecule has 3 heteroatoms. The highest BCUT2D eigenvalue weighted by atomic mass is 79.9. The second-order valence-corrected chi connectivity index (χ2v) is 5.92. The van der Waals surface area contributed by atoms with Crippen molar-refractivity contribution < 1.29 is 9.53 Å². The lowest BCUT2D eigenvalue weighted by Gasteiger charge is -2.14. The molecule has 0 amide bonds. The van der Waals surface area contributed by atoms with E-state index < -0.39 is 0 Å². The van der Waals surface area contributed by atoms with E-state index in [0.717, 1.165) is 16.5 Å². The van der Waals surface area contributed by atoms with Crippen molar-refractivity contribution in [2.45, 2.75) is 32.3 Å². The Morgan fingerprint density at radius 3 is 2.78 bits per heavy atom. The molecule has 18 heavy (non-hydrogen) atoms. The fourth-order valence-electron chi connectivity index (χ4n) is 2.06. The summed E-state index contributed by atoms with van der Waals surface area (Å²) >= 11 is 3.45. The average Bonchev–Trinajstić information content (AvgIpc) is 2.55. The van der Waals surface area contributed by atoms with E-state index in [2.05, 4.69) is 27.8 Å². The lowest BCUT2D eigenvalue weighted by molar-refractivity contribution is -0.148. The van der Waals surface area contributed by atoms with Crippen LogP contribution in [0.25, 0.3) is 0 Å². The first-order chi connectivity index (χ1) is 8.48. The van der Waals surface area contributed by atoms with Crippen molar-refractivity contribution in [2.24, 2.45) is 5.92 Å². The largest absolute Gasteiger partial charge is 0.459 e. The minimum Gasteiger partial charge on any atom is -0.459 e. The van der Waals surface area contributed by atoms with Gasteiger partial charge in [0, 0.05) is 22.9 Å². The van der Waals surface area contributed by atoms with Crippen LogP contribution in [0.4, 0.5) is 0 Å². The number of carbonyl (C=O) groups excluding carboxylic acids is 1. The topological polar surface area (TPSA) is 26.3 Å². The fraction of sp³-hybridized carbons (Fsp3) is 0.400. The van der Waals surface area contributed by atoms with Crippen molar-refractivity contribution in [3.63, 3.8) is 0 Å². The van der Waals surface area contributed by atoms with Crippen molar-refractivity contribution in [1.29, 1.82) is 0 Å². The number of carbonyl (C=O) groups is 1. The summed E-state index contributed by atoms with van der Waals surface area (Å²) in [6.07, 6.45) is 1.31. The van der Waals surface area contributed by atoms with Crippen LogP contribution in [0.15, 0.2) is 28.7 Å². The zero-order valence-electron chi connectivity index (χ0n) is 10.5. The summed E-state index contributed by atoms with van der Waals surface area (Å²) in [5.41, 5.74) is 0.611. The van der Waals surface area contributed by atoms with Crippen LogP contribution in [-0.4, -0.2) is 11.6 Å². The average molecular weight is 307 g/mol. The Kier molecular flexibility index (Phi) is 3.77. The third-order valence-corrected chi connectivity index (χ3v) is 3.59. The van der Waals surface area contributed by atoms with Gasteiger partial charge in [-0.05, 0) is 41.9 Å². The van der Waals surface area contributed by atoms with Gasteiger partial charge in [0.2, 0.25) is 0 Å². The summed E-state index contributed by atoms with van der Waals surface area (Å²) in [7, 11) is 0. The van der Waals surface area contributed by atoms with Crippen LogP contribution >= 0.6 is 15.9 Å². The van der Waals surface area contributed by atoms with E-state index in [1.807, 2.05) is 38.1 Å². The van der Waals surface area contributed by atoms with Gasteiger partial charge in [-0.25, -0.2) is 0 Å². The molecule has 0 aliphatic carbocycles. The molecule has 0 saturated carbocycles. The zero-order chi connectivity index (χ0) is 13.2. The molecule has 0 N–H and O–H groups in total. The van der Waals surface area contributed by atoms with Gasteiger partial charge in [-0.15, -0.1) is 0 Å². The Bertz CT molecular complexity index is 523. The molecule has 94 valence electrons. The van der Waals surface area contributed by atoms with Crippen LogP contribution in [0.1, 0.15) is 32.3 Å². The summed E-state index contributed by atoms with van der Waals surface area (Å²) in [5, 5.41) is 0. The van der Waals surface area contributed by atoms with Gasteiger partial charge in [0.05, 0.1) is 5.92 Å². The molecular formula is C15H15BrO2. The van der Waals surface area contributed by atoms with Gasteiger partial charge in [0.25, 0.3) is 0 Å². The molecular weight excluding hydrogens is 292 g/mol. The van der Waals surface area contributed by atoms with E-state index in [4.69, 9.17) is 4.74 Å². The second-order valence-electron chi connectivity index (χ2n) is 5.07. The predicted molar refractivity (Wildman–Crippen MR) is 73.9 cm³/mol. The molecule has 1 atom stereocenters. The maximum absolute atomic E-state index is 11.6. The SMILES string of the molecule is CC1(C)CC(CC#Cc2ccccc2Br)C(=O)O1. The fourth-order valence-corrected chi connectivity index (χ4v) is 2.45. The Morgan fingerprint density at radius 2 is 2.17 bits per heavy atom. The standard InChI is InChI=1S/C15H15BrO2/c1-15(2)10-12(14(17)18-15)8-5-7-11-6-3-4-9-13(11)16/h3-4,6,9,12H,8,10H2,1-2H3. The van der Waals surface area contributed by atoms with Gasteiger partial charge in [0.15, 0.2) is 0 Å². The molecule has 2 nitrogen and oxygen atoms in total. The summed E-state index contributed by atoms with van der Waals surface area (Å²) in [5.74, 6) is 5.94. The number of hydrogen-bond acceptors (Lipinski definition) is 2. The van der Waals surface area contributed by atoms with Crippen molar-refractivity contribution >= 4 is 21.9 Å². The molecule has 1 fully saturated rings. The van der Waals surface area contributed by atoms with E-state index in [1.165, 1.54) is 0 Å². The van der Waals surface area contributed by atoms with Crippen molar-refractivity contribution in [3.05, 3.63) is 34.3 Å². The lowest BCUT2D eigenvalue weighted by Crippen LogP contribution is -2.17. The monoisotopic (exact) mass is 306 g/mol. The minimum absolute atomic E-state index is 0.0880. The third kappa shape index (κ3) is 3.14. The summed E-state index contributed by atoms with van der Waals surface area (Å²) in [4.78, 5) is 11.6. The van der Waals surface area contributed by atoms with Crippen molar-refractivity contribution in [3.8, 4) is 11.8 Å². The Morgan fingerprint density at radius 1 is 1.44 bits per heavy atom. The molecule has 1 unspecified atom stereocenters. The quantitative estimate of drug-likeness (QED) is 0.586. The maximum Gasteiger partial charge on any atom is 0.310 e. The van der Waals surface area contributed by atoms with Crippen molar-refractivity contribution in [2.75, 3.05) is 0 Å². The Hall–Kier alpha value is -1.27. The van der Waals surface area contributed by atoms with Crippen LogP contribution in [0.5, 0.6) is 0 Å². The number of esters is 1. The Balaban J connectivity index is 2.02. The van der Waals surface area contributed by atoms with Gasteiger partial charge in [-0.3, -0.25) is 4.79 Å². The molecule has 0 aromatic heterocycles. The number of benzene rings is 1. The van der Waals surface area contributed by atoms with Crippen LogP contribution in [0.2, 0.25) is 0 Å². The molecule has 1 aliphatic heterocycles. The smallest absolute Gasteiger partial charge is 0.310 e. The van der Waals surface area contributed by atoms with Gasteiger partial charge < -0.3 is 4.74 Å². The summed E-state index contributed by atoms with van der Waals surface area (Å²) in [6.45, 7) is 3.87. The maximum atomic E-state index is 11.6. The van der Waals surface area contributed by atoms with E-state index in [0.29, 0.717) is 6.42 Å². The number of ether oxygens (including phenoxy) is 1. The predicted octanol–water partition coefficient (Wildman–Crippen LogP) is 3.53. The van der Waals surface area contributed by atoms with Crippen LogP contribution in [0, 0.1) is 17.8 Å². The number of cyclic esters (lactones) is 1. The van der Waals surface area contributed by atoms with E-state index >= 15 is 0 Å². The number of rotatable bonds is 1. The minimum atomic E-state index is -0.337. The highest BCUT2D eigenvalue weighted by Crippen LogP contribution is 2.32. The van der Waals surface area contributed by atoms with Crippen LogP contribution < -0.4 is 0 Å². The molecule has 1 aromatic rings. The molecule has 1 aromatic carbocycles. The Labute approximate surface area is 116 Å².